The van der Waals surface area contributed by atoms with Crippen molar-refractivity contribution in [3.63, 3.8) is 0 Å². The number of fused-ring (bicyclic) bond motifs is 1. The molecule has 2 heterocycles. The first-order valence-electron chi connectivity index (χ1n) is 9.94. The van der Waals surface area contributed by atoms with Crippen molar-refractivity contribution < 1.29 is 14.3 Å². The fraction of sp³-hybridized carbons (Fsp3) is 0.250. The molecule has 3 aromatic rings. The predicted octanol–water partition coefficient (Wildman–Crippen LogP) is 4.58. The van der Waals surface area contributed by atoms with Gasteiger partial charge in [0.1, 0.15) is 5.75 Å². The molecule has 0 atom stereocenters. The van der Waals surface area contributed by atoms with Crippen LogP contribution in [0.25, 0.3) is 0 Å². The molecule has 0 spiro atoms. The molecule has 4 rings (SSSR count). The SMILES string of the molecule is Cc1ccc(C)c(OCC(=O)Nc2ccc3c(c2)CN(C(=O)c2cccs2)CC3)c1. The Balaban J connectivity index is 1.39. The Kier molecular flexibility index (Phi) is 5.86. The number of nitrogens with one attached hydrogen (secondary N) is 1. The maximum Gasteiger partial charge on any atom is 0.264 e. The van der Waals surface area contributed by atoms with Crippen molar-refractivity contribution in [2.45, 2.75) is 26.8 Å². The third-order valence-electron chi connectivity index (χ3n) is 5.22. The van der Waals surface area contributed by atoms with Gasteiger partial charge in [-0.15, -0.1) is 11.3 Å². The molecule has 1 aromatic heterocycles. The van der Waals surface area contributed by atoms with Crippen LogP contribution < -0.4 is 10.1 Å². The molecule has 30 heavy (non-hydrogen) atoms. The lowest BCUT2D eigenvalue weighted by atomic mass is 9.99. The van der Waals surface area contributed by atoms with Crippen LogP contribution in [0.4, 0.5) is 5.69 Å². The summed E-state index contributed by atoms with van der Waals surface area (Å²) < 4.78 is 5.69. The number of nitrogens with zero attached hydrogens (tertiary/aromatic N) is 1. The van der Waals surface area contributed by atoms with Crippen LogP contribution in [0, 0.1) is 13.8 Å². The minimum Gasteiger partial charge on any atom is -0.483 e. The lowest BCUT2D eigenvalue weighted by Gasteiger charge is -2.29. The van der Waals surface area contributed by atoms with Crippen LogP contribution in [-0.4, -0.2) is 29.9 Å². The van der Waals surface area contributed by atoms with E-state index in [0.717, 1.165) is 33.7 Å². The molecule has 0 unspecified atom stereocenters. The summed E-state index contributed by atoms with van der Waals surface area (Å²) in [6.45, 7) is 5.16. The standard InChI is InChI=1S/C24H24N2O3S/c1-16-5-6-17(2)21(12-16)29-15-23(27)25-20-8-7-18-9-10-26(14-19(18)13-20)24(28)22-4-3-11-30-22/h3-8,11-13H,9-10,14-15H2,1-2H3,(H,25,27). The van der Waals surface area contributed by atoms with Gasteiger partial charge in [0.15, 0.2) is 6.61 Å². The molecule has 154 valence electrons. The summed E-state index contributed by atoms with van der Waals surface area (Å²) in [7, 11) is 0. The van der Waals surface area contributed by atoms with Crippen molar-refractivity contribution in [1.82, 2.24) is 4.90 Å². The first kappa shape index (κ1) is 20.2. The van der Waals surface area contributed by atoms with Crippen molar-refractivity contribution in [2.24, 2.45) is 0 Å². The van der Waals surface area contributed by atoms with E-state index in [1.165, 1.54) is 16.9 Å². The highest BCUT2D eigenvalue weighted by Crippen LogP contribution is 2.25. The van der Waals surface area contributed by atoms with Crippen LogP contribution in [0.2, 0.25) is 0 Å². The Morgan fingerprint density at radius 3 is 2.77 bits per heavy atom. The second-order valence-electron chi connectivity index (χ2n) is 7.54. The van der Waals surface area contributed by atoms with Gasteiger partial charge in [-0.2, -0.15) is 0 Å². The molecule has 5 nitrogen and oxygen atoms in total. The van der Waals surface area contributed by atoms with Crippen LogP contribution in [0.5, 0.6) is 5.75 Å². The third-order valence-corrected chi connectivity index (χ3v) is 6.08. The van der Waals surface area contributed by atoms with Crippen LogP contribution >= 0.6 is 11.3 Å². The number of ether oxygens (including phenoxy) is 1. The number of amides is 2. The molecule has 0 aliphatic carbocycles. The zero-order valence-electron chi connectivity index (χ0n) is 17.1. The molecule has 2 amide bonds. The van der Waals surface area contributed by atoms with E-state index in [0.29, 0.717) is 18.8 Å². The molecule has 1 aliphatic rings. The summed E-state index contributed by atoms with van der Waals surface area (Å²) in [5, 5.41) is 4.82. The number of carbonyl (C=O) groups is 2. The lowest BCUT2D eigenvalue weighted by Crippen LogP contribution is -2.35. The van der Waals surface area contributed by atoms with Gasteiger partial charge in [0, 0.05) is 18.8 Å². The highest BCUT2D eigenvalue weighted by molar-refractivity contribution is 7.12. The van der Waals surface area contributed by atoms with Crippen LogP contribution in [0.3, 0.4) is 0 Å². The number of thiophene rings is 1. The molecule has 6 heteroatoms. The van der Waals surface area contributed by atoms with E-state index in [4.69, 9.17) is 4.74 Å². The molecule has 0 radical (unpaired) electrons. The Labute approximate surface area is 180 Å². The normalized spacial score (nSPS) is 12.9. The van der Waals surface area contributed by atoms with E-state index in [-0.39, 0.29) is 18.4 Å². The number of hydrogen-bond acceptors (Lipinski definition) is 4. The lowest BCUT2D eigenvalue weighted by molar-refractivity contribution is -0.118. The summed E-state index contributed by atoms with van der Waals surface area (Å²) in [5.41, 5.74) is 5.09. The third kappa shape index (κ3) is 4.54. The number of rotatable bonds is 5. The summed E-state index contributed by atoms with van der Waals surface area (Å²) in [5.74, 6) is 0.573. The molecule has 1 aliphatic heterocycles. The summed E-state index contributed by atoms with van der Waals surface area (Å²) in [6, 6.07) is 15.6. The molecule has 1 N–H and O–H groups in total. The number of anilines is 1. The quantitative estimate of drug-likeness (QED) is 0.657. The zero-order chi connectivity index (χ0) is 21.1. The van der Waals surface area contributed by atoms with Crippen molar-refractivity contribution >= 4 is 28.8 Å². The summed E-state index contributed by atoms with van der Waals surface area (Å²) in [6.07, 6.45) is 0.816. The van der Waals surface area contributed by atoms with Gasteiger partial charge >= 0.3 is 0 Å². The van der Waals surface area contributed by atoms with E-state index in [2.05, 4.69) is 5.32 Å². The zero-order valence-corrected chi connectivity index (χ0v) is 17.9. The first-order valence-corrected chi connectivity index (χ1v) is 10.8. The maximum absolute atomic E-state index is 12.7. The van der Waals surface area contributed by atoms with E-state index >= 15 is 0 Å². The van der Waals surface area contributed by atoms with Gasteiger partial charge in [0.05, 0.1) is 4.88 Å². The second-order valence-corrected chi connectivity index (χ2v) is 8.49. The van der Waals surface area contributed by atoms with E-state index < -0.39 is 0 Å². The predicted molar refractivity (Wildman–Crippen MR) is 119 cm³/mol. The number of benzene rings is 2. The fourth-order valence-electron chi connectivity index (χ4n) is 3.57. The minimum atomic E-state index is -0.210. The highest BCUT2D eigenvalue weighted by atomic mass is 32.1. The van der Waals surface area contributed by atoms with Gasteiger partial charge in [0.2, 0.25) is 0 Å². The van der Waals surface area contributed by atoms with Crippen molar-refractivity contribution in [2.75, 3.05) is 18.5 Å². The van der Waals surface area contributed by atoms with Gasteiger partial charge in [-0.25, -0.2) is 0 Å². The van der Waals surface area contributed by atoms with Gasteiger partial charge < -0.3 is 15.0 Å². The first-order chi connectivity index (χ1) is 14.5. The topological polar surface area (TPSA) is 58.6 Å². The highest BCUT2D eigenvalue weighted by Gasteiger charge is 2.22. The molecule has 0 fully saturated rings. The average molecular weight is 421 g/mol. The molecular weight excluding hydrogens is 396 g/mol. The average Bonchev–Trinajstić information content (AvgIpc) is 3.28. The Morgan fingerprint density at radius 1 is 1.10 bits per heavy atom. The largest absolute Gasteiger partial charge is 0.483 e. The van der Waals surface area contributed by atoms with Crippen LogP contribution in [0.1, 0.15) is 31.9 Å². The fourth-order valence-corrected chi connectivity index (χ4v) is 4.26. The van der Waals surface area contributed by atoms with E-state index in [1.807, 2.05) is 72.7 Å². The molecule has 0 bridgehead atoms. The number of carbonyl (C=O) groups excluding carboxylic acids is 2. The van der Waals surface area contributed by atoms with Gasteiger partial charge in [-0.05, 0) is 72.2 Å². The van der Waals surface area contributed by atoms with Gasteiger partial charge in [-0.3, -0.25) is 9.59 Å². The van der Waals surface area contributed by atoms with E-state index in [1.54, 1.807) is 0 Å². The molecule has 0 saturated heterocycles. The smallest absolute Gasteiger partial charge is 0.264 e. The molecular formula is C24H24N2O3S. The Hall–Kier alpha value is -3.12. The van der Waals surface area contributed by atoms with Crippen molar-refractivity contribution in [3.05, 3.63) is 81.0 Å². The van der Waals surface area contributed by atoms with Crippen LogP contribution in [-0.2, 0) is 17.8 Å². The number of aryl methyl sites for hydroxylation is 2. The van der Waals surface area contributed by atoms with E-state index in [9.17, 15) is 9.59 Å². The Bertz CT molecular complexity index is 1080. The van der Waals surface area contributed by atoms with Crippen molar-refractivity contribution in [3.8, 4) is 5.75 Å². The van der Waals surface area contributed by atoms with Gasteiger partial charge in [0.25, 0.3) is 11.8 Å². The summed E-state index contributed by atoms with van der Waals surface area (Å²) >= 11 is 1.46. The Morgan fingerprint density at radius 2 is 1.97 bits per heavy atom. The molecule has 2 aromatic carbocycles. The number of hydrogen-bond donors (Lipinski definition) is 1. The summed E-state index contributed by atoms with van der Waals surface area (Å²) in [4.78, 5) is 27.7. The molecule has 0 saturated carbocycles. The minimum absolute atomic E-state index is 0.0512. The monoisotopic (exact) mass is 420 g/mol. The second kappa shape index (κ2) is 8.71. The van der Waals surface area contributed by atoms with Crippen LogP contribution in [0.15, 0.2) is 53.9 Å². The maximum atomic E-state index is 12.7. The van der Waals surface area contributed by atoms with Gasteiger partial charge in [-0.1, -0.05) is 24.3 Å². The van der Waals surface area contributed by atoms with Crippen molar-refractivity contribution in [1.29, 1.82) is 0 Å².